The second-order valence-electron chi connectivity index (χ2n) is 7.25. The van der Waals surface area contributed by atoms with Gasteiger partial charge in [0.1, 0.15) is 0 Å². The fourth-order valence-electron chi connectivity index (χ4n) is 4.22. The molecule has 0 heterocycles. The number of benzene rings is 2. The molecule has 0 spiro atoms. The summed E-state index contributed by atoms with van der Waals surface area (Å²) in [7, 11) is 0. The van der Waals surface area contributed by atoms with Gasteiger partial charge in [0.25, 0.3) is 0 Å². The molecule has 1 N–H and O–H groups in total. The second-order valence-corrected chi connectivity index (χ2v) is 7.69. The van der Waals surface area contributed by atoms with E-state index in [0.717, 1.165) is 24.3 Å². The minimum atomic E-state index is -0.0501. The molecule has 0 saturated heterocycles. The highest BCUT2D eigenvalue weighted by Gasteiger charge is 2.40. The van der Waals surface area contributed by atoms with Crippen molar-refractivity contribution in [1.29, 1.82) is 0 Å². The molecule has 0 amide bonds. The van der Waals surface area contributed by atoms with Crippen LogP contribution >= 0.6 is 11.6 Å². The Balaban J connectivity index is 1.75. The molecule has 23 heavy (non-hydrogen) atoms. The summed E-state index contributed by atoms with van der Waals surface area (Å²) in [6.07, 6.45) is 4.55. The zero-order valence-corrected chi connectivity index (χ0v) is 14.5. The molecule has 3 atom stereocenters. The SMILES string of the molecule is C[C@]1(CO)CC(Cc2ccccc2)CC[C@@H]1c1ccc(Cl)cc1. The molecule has 0 aromatic heterocycles. The Morgan fingerprint density at radius 1 is 1.04 bits per heavy atom. The Morgan fingerprint density at radius 3 is 2.39 bits per heavy atom. The molecule has 122 valence electrons. The molecule has 2 heteroatoms. The van der Waals surface area contributed by atoms with E-state index in [9.17, 15) is 5.11 Å². The summed E-state index contributed by atoms with van der Waals surface area (Å²) in [5.41, 5.74) is 2.66. The summed E-state index contributed by atoms with van der Waals surface area (Å²) < 4.78 is 0. The predicted octanol–water partition coefficient (Wildman–Crippen LogP) is 5.47. The van der Waals surface area contributed by atoms with E-state index < -0.39 is 0 Å². The van der Waals surface area contributed by atoms with Crippen LogP contribution in [-0.4, -0.2) is 11.7 Å². The molecular formula is C21H25ClO. The molecule has 1 nitrogen and oxygen atoms in total. The van der Waals surface area contributed by atoms with Crippen LogP contribution in [0.1, 0.15) is 43.2 Å². The van der Waals surface area contributed by atoms with Crippen LogP contribution < -0.4 is 0 Å². The van der Waals surface area contributed by atoms with Gasteiger partial charge in [0, 0.05) is 11.6 Å². The number of aliphatic hydroxyl groups is 1. The van der Waals surface area contributed by atoms with Crippen LogP contribution in [0.15, 0.2) is 54.6 Å². The van der Waals surface area contributed by atoms with Gasteiger partial charge in [-0.15, -0.1) is 0 Å². The van der Waals surface area contributed by atoms with Gasteiger partial charge >= 0.3 is 0 Å². The van der Waals surface area contributed by atoms with Gasteiger partial charge in [0.05, 0.1) is 0 Å². The zero-order chi connectivity index (χ0) is 16.3. The van der Waals surface area contributed by atoms with Crippen LogP contribution in [0, 0.1) is 11.3 Å². The van der Waals surface area contributed by atoms with Crippen molar-refractivity contribution in [2.45, 2.75) is 38.5 Å². The standard InChI is InChI=1S/C21H25ClO/c1-21(15-23)14-17(13-16-5-3-2-4-6-16)7-12-20(21)18-8-10-19(22)11-9-18/h2-6,8-11,17,20,23H,7,12-15H2,1H3/t17?,20-,21-/m1/s1. The summed E-state index contributed by atoms with van der Waals surface area (Å²) in [4.78, 5) is 0. The maximum atomic E-state index is 10.1. The Hall–Kier alpha value is -1.31. The summed E-state index contributed by atoms with van der Waals surface area (Å²) in [5.74, 6) is 1.06. The van der Waals surface area contributed by atoms with Crippen LogP contribution in [-0.2, 0) is 6.42 Å². The van der Waals surface area contributed by atoms with E-state index in [-0.39, 0.29) is 12.0 Å². The molecule has 3 rings (SSSR count). The monoisotopic (exact) mass is 328 g/mol. The van der Waals surface area contributed by atoms with E-state index in [4.69, 9.17) is 11.6 Å². The molecule has 1 unspecified atom stereocenters. The molecule has 0 aliphatic heterocycles. The van der Waals surface area contributed by atoms with E-state index >= 15 is 0 Å². The van der Waals surface area contributed by atoms with Crippen molar-refractivity contribution in [3.8, 4) is 0 Å². The summed E-state index contributed by atoms with van der Waals surface area (Å²) in [6, 6.07) is 18.9. The van der Waals surface area contributed by atoms with Crippen molar-refractivity contribution in [2.24, 2.45) is 11.3 Å². The van der Waals surface area contributed by atoms with Crippen LogP contribution in [0.25, 0.3) is 0 Å². The lowest BCUT2D eigenvalue weighted by atomic mass is 9.61. The van der Waals surface area contributed by atoms with Crippen molar-refractivity contribution in [3.05, 3.63) is 70.7 Å². The Kier molecular flexibility index (Phi) is 5.08. The fraction of sp³-hybridized carbons (Fsp3) is 0.429. The zero-order valence-electron chi connectivity index (χ0n) is 13.7. The summed E-state index contributed by atoms with van der Waals surface area (Å²) >= 11 is 6.02. The predicted molar refractivity (Wildman–Crippen MR) is 96.9 cm³/mol. The van der Waals surface area contributed by atoms with Gasteiger partial charge in [-0.3, -0.25) is 0 Å². The van der Waals surface area contributed by atoms with Crippen molar-refractivity contribution in [1.82, 2.24) is 0 Å². The third kappa shape index (κ3) is 3.79. The molecule has 2 aromatic carbocycles. The van der Waals surface area contributed by atoms with Crippen LogP contribution in [0.4, 0.5) is 0 Å². The third-order valence-electron chi connectivity index (χ3n) is 5.46. The maximum absolute atomic E-state index is 10.1. The molecule has 1 saturated carbocycles. The van der Waals surface area contributed by atoms with E-state index in [0.29, 0.717) is 11.8 Å². The molecule has 2 aromatic rings. The molecule has 1 fully saturated rings. The number of aliphatic hydroxyl groups excluding tert-OH is 1. The fourth-order valence-corrected chi connectivity index (χ4v) is 4.34. The second kappa shape index (κ2) is 7.07. The van der Waals surface area contributed by atoms with Crippen molar-refractivity contribution < 1.29 is 5.11 Å². The number of halogens is 1. The molecule has 1 aliphatic rings. The lowest BCUT2D eigenvalue weighted by molar-refractivity contribution is 0.0504. The van der Waals surface area contributed by atoms with Crippen LogP contribution in [0.3, 0.4) is 0 Å². The van der Waals surface area contributed by atoms with Gasteiger partial charge in [0.15, 0.2) is 0 Å². The van der Waals surface area contributed by atoms with Gasteiger partial charge in [0.2, 0.25) is 0 Å². The Bertz CT molecular complexity index is 622. The quantitative estimate of drug-likeness (QED) is 0.789. The third-order valence-corrected chi connectivity index (χ3v) is 5.71. The van der Waals surface area contributed by atoms with Gasteiger partial charge in [-0.1, -0.05) is 61.0 Å². The van der Waals surface area contributed by atoms with Gasteiger partial charge < -0.3 is 5.11 Å². The first-order chi connectivity index (χ1) is 11.1. The molecular weight excluding hydrogens is 304 g/mol. The maximum Gasteiger partial charge on any atom is 0.0490 e. The van der Waals surface area contributed by atoms with E-state index in [1.165, 1.54) is 17.5 Å². The van der Waals surface area contributed by atoms with Crippen molar-refractivity contribution in [2.75, 3.05) is 6.61 Å². The number of hydrogen-bond donors (Lipinski definition) is 1. The lowest BCUT2D eigenvalue weighted by Crippen LogP contribution is -2.37. The van der Waals surface area contributed by atoms with E-state index in [1.807, 2.05) is 12.1 Å². The average molecular weight is 329 g/mol. The first-order valence-electron chi connectivity index (χ1n) is 8.51. The highest BCUT2D eigenvalue weighted by atomic mass is 35.5. The molecule has 0 bridgehead atoms. The Morgan fingerprint density at radius 2 is 1.74 bits per heavy atom. The minimum Gasteiger partial charge on any atom is -0.396 e. The topological polar surface area (TPSA) is 20.2 Å². The summed E-state index contributed by atoms with van der Waals surface area (Å²) in [6.45, 7) is 2.48. The molecule has 1 aliphatic carbocycles. The summed E-state index contributed by atoms with van der Waals surface area (Å²) in [5, 5.41) is 10.9. The van der Waals surface area contributed by atoms with Gasteiger partial charge in [-0.05, 0) is 66.2 Å². The number of rotatable bonds is 4. The van der Waals surface area contributed by atoms with Crippen molar-refractivity contribution in [3.63, 3.8) is 0 Å². The Labute approximate surface area is 144 Å². The smallest absolute Gasteiger partial charge is 0.0490 e. The van der Waals surface area contributed by atoms with E-state index in [2.05, 4.69) is 49.4 Å². The highest BCUT2D eigenvalue weighted by Crippen LogP contribution is 2.49. The average Bonchev–Trinajstić information content (AvgIpc) is 2.57. The normalized spacial score (nSPS) is 27.8. The van der Waals surface area contributed by atoms with Crippen LogP contribution in [0.2, 0.25) is 5.02 Å². The number of hydrogen-bond acceptors (Lipinski definition) is 1. The molecule has 0 radical (unpaired) electrons. The van der Waals surface area contributed by atoms with Crippen LogP contribution in [0.5, 0.6) is 0 Å². The van der Waals surface area contributed by atoms with Gasteiger partial charge in [-0.2, -0.15) is 0 Å². The van der Waals surface area contributed by atoms with Crippen molar-refractivity contribution >= 4 is 11.6 Å². The van der Waals surface area contributed by atoms with E-state index in [1.54, 1.807) is 0 Å². The minimum absolute atomic E-state index is 0.0501. The highest BCUT2D eigenvalue weighted by molar-refractivity contribution is 6.30. The first kappa shape index (κ1) is 16.5. The van der Waals surface area contributed by atoms with Gasteiger partial charge in [-0.25, -0.2) is 0 Å². The first-order valence-corrected chi connectivity index (χ1v) is 8.89. The lowest BCUT2D eigenvalue weighted by Gasteiger charge is -2.44. The largest absolute Gasteiger partial charge is 0.396 e.